The number of hydrogen-bond donors (Lipinski definition) is 0. The Kier molecular flexibility index (Phi) is 6.69. The minimum Gasteiger partial charge on any atom is -0.472 e. The molecule has 0 spiro atoms. The summed E-state index contributed by atoms with van der Waals surface area (Å²) in [6.07, 6.45) is 7.10. The minimum absolute atomic E-state index is 0.422. The van der Waals surface area contributed by atoms with Gasteiger partial charge in [0.05, 0.1) is 11.9 Å². The molecule has 0 saturated heterocycles. The van der Waals surface area contributed by atoms with Gasteiger partial charge in [0.25, 0.3) is 0 Å². The first kappa shape index (κ1) is 14.4. The SMILES string of the molecule is C=CCOc1ccc(C=CCCCC(C)F)nn1. The molecule has 4 heteroatoms. The first-order valence-corrected chi connectivity index (χ1v) is 6.10. The predicted octanol–water partition coefficient (Wildman–Crippen LogP) is 3.58. The zero-order valence-corrected chi connectivity index (χ0v) is 10.7. The van der Waals surface area contributed by atoms with Crippen molar-refractivity contribution in [2.75, 3.05) is 6.61 Å². The van der Waals surface area contributed by atoms with Crippen LogP contribution in [0.4, 0.5) is 4.39 Å². The van der Waals surface area contributed by atoms with Crippen LogP contribution < -0.4 is 4.74 Å². The van der Waals surface area contributed by atoms with Crippen LogP contribution in [0.3, 0.4) is 0 Å². The third-order valence-corrected chi connectivity index (χ3v) is 2.27. The molecule has 0 amide bonds. The summed E-state index contributed by atoms with van der Waals surface area (Å²) in [6, 6.07) is 3.60. The largest absolute Gasteiger partial charge is 0.472 e. The Morgan fingerprint density at radius 2 is 2.28 bits per heavy atom. The van der Waals surface area contributed by atoms with Gasteiger partial charge in [-0.3, -0.25) is 0 Å². The Morgan fingerprint density at radius 1 is 1.44 bits per heavy atom. The number of aromatic nitrogens is 2. The average Bonchev–Trinajstić information content (AvgIpc) is 2.37. The van der Waals surface area contributed by atoms with E-state index < -0.39 is 6.17 Å². The number of rotatable bonds is 8. The molecule has 98 valence electrons. The lowest BCUT2D eigenvalue weighted by atomic mass is 10.2. The van der Waals surface area contributed by atoms with Crippen LogP contribution in [-0.4, -0.2) is 23.0 Å². The Labute approximate surface area is 107 Å². The van der Waals surface area contributed by atoms with Gasteiger partial charge in [-0.1, -0.05) is 18.7 Å². The van der Waals surface area contributed by atoms with Crippen molar-refractivity contribution in [3.63, 3.8) is 0 Å². The van der Waals surface area contributed by atoms with Crippen molar-refractivity contribution in [1.29, 1.82) is 0 Å². The van der Waals surface area contributed by atoms with E-state index in [-0.39, 0.29) is 0 Å². The summed E-state index contributed by atoms with van der Waals surface area (Å²) in [5.41, 5.74) is 0.772. The van der Waals surface area contributed by atoms with Crippen LogP contribution >= 0.6 is 0 Å². The van der Waals surface area contributed by atoms with Gasteiger partial charge < -0.3 is 4.74 Å². The van der Waals surface area contributed by atoms with E-state index in [0.717, 1.165) is 18.5 Å². The fourth-order valence-electron chi connectivity index (χ4n) is 1.36. The standard InChI is InChI=1S/C14H19FN2O/c1-3-11-18-14-10-9-13(16-17-14)8-6-4-5-7-12(2)15/h3,6,8-10,12H,1,4-5,7,11H2,2H3. The summed E-state index contributed by atoms with van der Waals surface area (Å²) in [7, 11) is 0. The second kappa shape index (κ2) is 8.39. The van der Waals surface area contributed by atoms with Crippen molar-refractivity contribution in [2.24, 2.45) is 0 Å². The molecule has 1 aromatic heterocycles. The fourth-order valence-corrected chi connectivity index (χ4v) is 1.36. The number of unbranched alkanes of at least 4 members (excludes halogenated alkanes) is 1. The van der Waals surface area contributed by atoms with E-state index in [9.17, 15) is 4.39 Å². The van der Waals surface area contributed by atoms with Crippen LogP contribution in [0.25, 0.3) is 6.08 Å². The monoisotopic (exact) mass is 250 g/mol. The third-order valence-electron chi connectivity index (χ3n) is 2.27. The molecule has 0 aliphatic carbocycles. The summed E-state index contributed by atoms with van der Waals surface area (Å²) < 4.78 is 17.8. The topological polar surface area (TPSA) is 35.0 Å². The molecule has 1 heterocycles. The lowest BCUT2D eigenvalue weighted by molar-refractivity contribution is 0.335. The second-order valence-corrected chi connectivity index (χ2v) is 4.01. The van der Waals surface area contributed by atoms with Crippen LogP contribution in [0.2, 0.25) is 0 Å². The van der Waals surface area contributed by atoms with Crippen LogP contribution in [0.1, 0.15) is 31.9 Å². The van der Waals surface area contributed by atoms with Gasteiger partial charge in [0.15, 0.2) is 0 Å². The maximum absolute atomic E-state index is 12.5. The molecule has 1 aromatic rings. The predicted molar refractivity (Wildman–Crippen MR) is 71.2 cm³/mol. The molecule has 1 rings (SSSR count). The summed E-state index contributed by atoms with van der Waals surface area (Å²) in [5.74, 6) is 0.485. The van der Waals surface area contributed by atoms with Gasteiger partial charge in [-0.2, -0.15) is 0 Å². The van der Waals surface area contributed by atoms with Crippen molar-refractivity contribution in [3.8, 4) is 5.88 Å². The molecule has 0 N–H and O–H groups in total. The Morgan fingerprint density at radius 3 is 2.89 bits per heavy atom. The normalized spacial score (nSPS) is 12.6. The maximum Gasteiger partial charge on any atom is 0.233 e. The molecule has 0 aliphatic rings. The molecular weight excluding hydrogens is 231 g/mol. The minimum atomic E-state index is -0.723. The second-order valence-electron chi connectivity index (χ2n) is 4.01. The lowest BCUT2D eigenvalue weighted by Gasteiger charge is -2.00. The molecule has 1 unspecified atom stereocenters. The number of nitrogens with zero attached hydrogens (tertiary/aromatic N) is 2. The third kappa shape index (κ3) is 6.13. The van der Waals surface area contributed by atoms with Gasteiger partial charge in [0.1, 0.15) is 6.61 Å². The number of hydrogen-bond acceptors (Lipinski definition) is 3. The maximum atomic E-state index is 12.5. The van der Waals surface area contributed by atoms with Gasteiger partial charge in [0.2, 0.25) is 5.88 Å². The van der Waals surface area contributed by atoms with E-state index in [1.165, 1.54) is 0 Å². The lowest BCUT2D eigenvalue weighted by Crippen LogP contribution is -1.97. The van der Waals surface area contributed by atoms with Gasteiger partial charge in [0, 0.05) is 6.07 Å². The quantitative estimate of drug-likeness (QED) is 0.522. The molecular formula is C14H19FN2O. The van der Waals surface area contributed by atoms with Crippen LogP contribution in [-0.2, 0) is 0 Å². The Balaban J connectivity index is 2.33. The molecule has 0 saturated carbocycles. The van der Waals surface area contributed by atoms with E-state index in [0.29, 0.717) is 18.9 Å². The van der Waals surface area contributed by atoms with Gasteiger partial charge in [-0.15, -0.1) is 10.2 Å². The molecule has 3 nitrogen and oxygen atoms in total. The van der Waals surface area contributed by atoms with Crippen molar-refractivity contribution >= 4 is 6.08 Å². The van der Waals surface area contributed by atoms with Gasteiger partial charge >= 0.3 is 0 Å². The molecule has 0 aliphatic heterocycles. The van der Waals surface area contributed by atoms with E-state index >= 15 is 0 Å². The Bertz CT molecular complexity index is 374. The highest BCUT2D eigenvalue weighted by molar-refractivity contribution is 5.43. The van der Waals surface area contributed by atoms with Crippen LogP contribution in [0, 0.1) is 0 Å². The number of allylic oxidation sites excluding steroid dienone is 1. The smallest absolute Gasteiger partial charge is 0.233 e. The number of alkyl halides is 1. The van der Waals surface area contributed by atoms with Crippen molar-refractivity contribution in [2.45, 2.75) is 32.4 Å². The van der Waals surface area contributed by atoms with Crippen molar-refractivity contribution < 1.29 is 9.13 Å². The molecule has 18 heavy (non-hydrogen) atoms. The summed E-state index contributed by atoms with van der Waals surface area (Å²) in [4.78, 5) is 0. The van der Waals surface area contributed by atoms with Gasteiger partial charge in [-0.05, 0) is 38.3 Å². The van der Waals surface area contributed by atoms with E-state index in [1.54, 1.807) is 19.1 Å². The fraction of sp³-hybridized carbons (Fsp3) is 0.429. The number of halogens is 1. The van der Waals surface area contributed by atoms with Crippen LogP contribution in [0.15, 0.2) is 30.9 Å². The summed E-state index contributed by atoms with van der Waals surface area (Å²) in [5, 5.41) is 7.91. The first-order valence-electron chi connectivity index (χ1n) is 6.10. The van der Waals surface area contributed by atoms with Gasteiger partial charge in [-0.25, -0.2) is 4.39 Å². The molecule has 0 radical (unpaired) electrons. The number of ether oxygens (including phenoxy) is 1. The van der Waals surface area contributed by atoms with E-state index in [2.05, 4.69) is 16.8 Å². The highest BCUT2D eigenvalue weighted by Gasteiger charge is 1.96. The highest BCUT2D eigenvalue weighted by Crippen LogP contribution is 2.08. The molecule has 1 atom stereocenters. The zero-order chi connectivity index (χ0) is 13.2. The zero-order valence-electron chi connectivity index (χ0n) is 10.7. The molecule has 0 fully saturated rings. The summed E-state index contributed by atoms with van der Waals surface area (Å²) >= 11 is 0. The highest BCUT2D eigenvalue weighted by atomic mass is 19.1. The van der Waals surface area contributed by atoms with Crippen molar-refractivity contribution in [3.05, 3.63) is 36.6 Å². The first-order chi connectivity index (χ1) is 8.72. The van der Waals surface area contributed by atoms with E-state index in [4.69, 9.17) is 4.74 Å². The Hall–Kier alpha value is -1.71. The molecule has 0 aromatic carbocycles. The van der Waals surface area contributed by atoms with Crippen LogP contribution in [0.5, 0.6) is 5.88 Å². The average molecular weight is 250 g/mol. The van der Waals surface area contributed by atoms with Crippen molar-refractivity contribution in [1.82, 2.24) is 10.2 Å². The van der Waals surface area contributed by atoms with E-state index in [1.807, 2.05) is 18.2 Å². The molecule has 0 bridgehead atoms. The summed E-state index contributed by atoms with van der Waals surface area (Å²) in [6.45, 7) is 5.55.